The first kappa shape index (κ1) is 22.3. The van der Waals surface area contributed by atoms with Gasteiger partial charge in [0.05, 0.1) is 17.1 Å². The van der Waals surface area contributed by atoms with Crippen LogP contribution >= 0.6 is 23.2 Å². The molecule has 9 heteroatoms. The van der Waals surface area contributed by atoms with Crippen LogP contribution in [0, 0.1) is 0 Å². The molecule has 4 rings (SSSR count). The van der Waals surface area contributed by atoms with E-state index in [-0.39, 0.29) is 24.4 Å². The van der Waals surface area contributed by atoms with Crippen molar-refractivity contribution in [2.45, 2.75) is 25.3 Å². The van der Waals surface area contributed by atoms with Crippen LogP contribution < -0.4 is 0 Å². The highest BCUT2D eigenvalue weighted by molar-refractivity contribution is 6.33. The number of carbonyl (C=O) groups excluding carboxylic acids is 2. The lowest BCUT2D eigenvalue weighted by Crippen LogP contribution is -2.45. The summed E-state index contributed by atoms with van der Waals surface area (Å²) in [5.74, 6) is 0.318. The lowest BCUT2D eigenvalue weighted by atomic mass is 10.0. The predicted molar refractivity (Wildman–Crippen MR) is 121 cm³/mol. The second-order valence-corrected chi connectivity index (χ2v) is 8.55. The normalized spacial score (nSPS) is 16.1. The van der Waals surface area contributed by atoms with E-state index in [9.17, 15) is 9.59 Å². The number of amides is 2. The quantitative estimate of drug-likeness (QED) is 0.529. The fourth-order valence-electron chi connectivity index (χ4n) is 3.81. The maximum atomic E-state index is 13.1. The molecular weight excluding hydrogens is 451 g/mol. The molecule has 0 N–H and O–H groups in total. The minimum Gasteiger partial charge on any atom is -0.337 e. The van der Waals surface area contributed by atoms with Crippen LogP contribution in [0.25, 0.3) is 11.4 Å². The Hall–Kier alpha value is -2.90. The number of rotatable bonds is 5. The van der Waals surface area contributed by atoms with Gasteiger partial charge in [0.2, 0.25) is 17.6 Å². The Morgan fingerprint density at radius 2 is 1.97 bits per heavy atom. The number of halogens is 2. The first-order chi connectivity index (χ1) is 15.4. The lowest BCUT2D eigenvalue weighted by Gasteiger charge is -2.34. The third kappa shape index (κ3) is 4.79. The van der Waals surface area contributed by atoms with E-state index in [1.54, 1.807) is 48.3 Å². The summed E-state index contributed by atoms with van der Waals surface area (Å²) in [6.45, 7) is 0.488. The number of piperidine rings is 1. The second kappa shape index (κ2) is 9.71. The van der Waals surface area contributed by atoms with Crippen LogP contribution in [0.5, 0.6) is 0 Å². The van der Waals surface area contributed by atoms with E-state index in [1.165, 1.54) is 4.90 Å². The van der Waals surface area contributed by atoms with Crippen molar-refractivity contribution in [3.63, 3.8) is 0 Å². The van der Waals surface area contributed by atoms with Gasteiger partial charge < -0.3 is 14.3 Å². The molecule has 7 nitrogen and oxygen atoms in total. The van der Waals surface area contributed by atoms with Gasteiger partial charge in [-0.15, -0.1) is 0 Å². The van der Waals surface area contributed by atoms with E-state index in [2.05, 4.69) is 10.1 Å². The summed E-state index contributed by atoms with van der Waals surface area (Å²) in [6.07, 6.45) is 2.53. The third-order valence-electron chi connectivity index (χ3n) is 5.46. The molecule has 1 atom stereocenters. The van der Waals surface area contributed by atoms with Crippen molar-refractivity contribution in [2.75, 3.05) is 20.1 Å². The molecule has 2 aromatic carbocycles. The zero-order chi connectivity index (χ0) is 22.7. The van der Waals surface area contributed by atoms with Crippen molar-refractivity contribution >= 4 is 35.0 Å². The maximum Gasteiger partial charge on any atom is 0.255 e. The number of benzene rings is 2. The molecule has 0 spiro atoms. The minimum absolute atomic E-state index is 0.0736. The van der Waals surface area contributed by atoms with Gasteiger partial charge in [0.15, 0.2) is 0 Å². The third-order valence-corrected chi connectivity index (χ3v) is 6.02. The topological polar surface area (TPSA) is 79.5 Å². The van der Waals surface area contributed by atoms with Crippen LogP contribution in [0.15, 0.2) is 53.1 Å². The number of hydrogen-bond acceptors (Lipinski definition) is 5. The lowest BCUT2D eigenvalue weighted by molar-refractivity contribution is -0.136. The first-order valence-corrected chi connectivity index (χ1v) is 11.1. The Morgan fingerprint density at radius 1 is 1.16 bits per heavy atom. The van der Waals surface area contributed by atoms with E-state index in [0.29, 0.717) is 40.3 Å². The number of carbonyl (C=O) groups is 2. The Kier molecular flexibility index (Phi) is 6.77. The fraction of sp³-hybridized carbons (Fsp3) is 0.304. The molecule has 0 saturated carbocycles. The molecule has 0 radical (unpaired) electrons. The van der Waals surface area contributed by atoms with Crippen molar-refractivity contribution in [3.8, 4) is 11.4 Å². The summed E-state index contributed by atoms with van der Waals surface area (Å²) in [4.78, 5) is 33.5. The molecule has 166 valence electrons. The van der Waals surface area contributed by atoms with Gasteiger partial charge in [-0.1, -0.05) is 52.6 Å². The summed E-state index contributed by atoms with van der Waals surface area (Å²) in [6, 6.07) is 13.6. The molecule has 2 heterocycles. The largest absolute Gasteiger partial charge is 0.337 e. The zero-order valence-corrected chi connectivity index (χ0v) is 19.0. The van der Waals surface area contributed by atoms with Crippen LogP contribution in [0.4, 0.5) is 0 Å². The van der Waals surface area contributed by atoms with Crippen LogP contribution in [0.1, 0.15) is 41.6 Å². The molecule has 1 saturated heterocycles. The monoisotopic (exact) mass is 472 g/mol. The highest BCUT2D eigenvalue weighted by Gasteiger charge is 2.33. The average Bonchev–Trinajstić information content (AvgIpc) is 3.29. The van der Waals surface area contributed by atoms with Crippen molar-refractivity contribution in [2.24, 2.45) is 0 Å². The van der Waals surface area contributed by atoms with Gasteiger partial charge in [0.25, 0.3) is 5.91 Å². The first-order valence-electron chi connectivity index (χ1n) is 10.3. The zero-order valence-electron chi connectivity index (χ0n) is 17.5. The van der Waals surface area contributed by atoms with Gasteiger partial charge in [-0.05, 0) is 43.5 Å². The smallest absolute Gasteiger partial charge is 0.255 e. The van der Waals surface area contributed by atoms with Crippen LogP contribution in [0.3, 0.4) is 0 Å². The van der Waals surface area contributed by atoms with Crippen LogP contribution in [0.2, 0.25) is 10.0 Å². The molecule has 3 aromatic rings. The van der Waals surface area contributed by atoms with Crippen LogP contribution in [-0.2, 0) is 4.79 Å². The molecular formula is C23H22Cl2N4O3. The molecule has 1 fully saturated rings. The van der Waals surface area contributed by atoms with Gasteiger partial charge in [-0.2, -0.15) is 4.98 Å². The highest BCUT2D eigenvalue weighted by atomic mass is 35.5. The highest BCUT2D eigenvalue weighted by Crippen LogP contribution is 2.31. The van der Waals surface area contributed by atoms with E-state index < -0.39 is 0 Å². The molecule has 0 bridgehead atoms. The standard InChI is InChI=1S/C23H22Cl2N4O3/c1-28(23(31)17-9-2-3-10-18(17)25)14-20(30)29-12-5-4-11-19(29)22-26-21(27-32-22)15-7-6-8-16(24)13-15/h2-3,6-10,13,19H,4-5,11-12,14H2,1H3. The average molecular weight is 473 g/mol. The Balaban J connectivity index is 1.49. The summed E-state index contributed by atoms with van der Waals surface area (Å²) >= 11 is 12.2. The van der Waals surface area contributed by atoms with Gasteiger partial charge in [0.1, 0.15) is 6.04 Å². The summed E-state index contributed by atoms with van der Waals surface area (Å²) in [7, 11) is 1.59. The minimum atomic E-state index is -0.333. The van der Waals surface area contributed by atoms with Crippen molar-refractivity contribution in [1.29, 1.82) is 0 Å². The number of nitrogens with zero attached hydrogens (tertiary/aromatic N) is 4. The Labute approximate surface area is 195 Å². The molecule has 1 aliphatic rings. The number of aromatic nitrogens is 2. The molecule has 0 aliphatic carbocycles. The van der Waals surface area contributed by atoms with Crippen LogP contribution in [-0.4, -0.2) is 51.9 Å². The van der Waals surface area contributed by atoms with Gasteiger partial charge in [-0.3, -0.25) is 9.59 Å². The number of likely N-dealkylation sites (tertiary alicyclic amines) is 1. The van der Waals surface area contributed by atoms with E-state index in [1.807, 2.05) is 12.1 Å². The van der Waals surface area contributed by atoms with Crippen molar-refractivity contribution in [3.05, 3.63) is 70.0 Å². The summed E-state index contributed by atoms with van der Waals surface area (Å²) in [5.41, 5.74) is 1.11. The molecule has 1 aromatic heterocycles. The van der Waals surface area contributed by atoms with Gasteiger partial charge in [-0.25, -0.2) is 0 Å². The van der Waals surface area contributed by atoms with E-state index in [4.69, 9.17) is 27.7 Å². The van der Waals surface area contributed by atoms with E-state index >= 15 is 0 Å². The Bertz CT molecular complexity index is 1130. The van der Waals surface area contributed by atoms with Crippen molar-refractivity contribution in [1.82, 2.24) is 19.9 Å². The summed E-state index contributed by atoms with van der Waals surface area (Å²) < 4.78 is 5.52. The predicted octanol–water partition coefficient (Wildman–Crippen LogP) is 4.87. The molecule has 1 aliphatic heterocycles. The molecule has 1 unspecified atom stereocenters. The second-order valence-electron chi connectivity index (χ2n) is 7.71. The maximum absolute atomic E-state index is 13.1. The Morgan fingerprint density at radius 3 is 2.75 bits per heavy atom. The summed E-state index contributed by atoms with van der Waals surface area (Å²) in [5, 5.41) is 5.01. The fourth-order valence-corrected chi connectivity index (χ4v) is 4.21. The SMILES string of the molecule is CN(CC(=O)N1CCCCC1c1nc(-c2cccc(Cl)c2)no1)C(=O)c1ccccc1Cl. The van der Waals surface area contributed by atoms with Gasteiger partial charge in [0, 0.05) is 24.2 Å². The molecule has 32 heavy (non-hydrogen) atoms. The number of hydrogen-bond donors (Lipinski definition) is 0. The molecule has 2 amide bonds. The van der Waals surface area contributed by atoms with E-state index in [0.717, 1.165) is 18.4 Å². The van der Waals surface area contributed by atoms with Gasteiger partial charge >= 0.3 is 0 Å². The van der Waals surface area contributed by atoms with Crippen molar-refractivity contribution < 1.29 is 14.1 Å². The number of likely N-dealkylation sites (N-methyl/N-ethyl adjacent to an activating group) is 1.